The van der Waals surface area contributed by atoms with Crippen molar-refractivity contribution in [2.24, 2.45) is 0 Å². The Balaban J connectivity index is 1.48. The van der Waals surface area contributed by atoms with Crippen LogP contribution in [0.1, 0.15) is 12.5 Å². The molecular weight excluding hydrogens is 342 g/mol. The Hall–Kier alpha value is -3.35. The van der Waals surface area contributed by atoms with Gasteiger partial charge in [-0.2, -0.15) is 10.1 Å². The van der Waals surface area contributed by atoms with Crippen molar-refractivity contribution in [2.75, 3.05) is 30.9 Å². The summed E-state index contributed by atoms with van der Waals surface area (Å²) in [5.74, 6) is 2.67. The Bertz CT molecular complexity index is 838. The van der Waals surface area contributed by atoms with Crippen LogP contribution in [0.4, 0.5) is 17.5 Å². The molecule has 0 spiro atoms. The van der Waals surface area contributed by atoms with Gasteiger partial charge in [-0.15, -0.1) is 5.10 Å². The van der Waals surface area contributed by atoms with Gasteiger partial charge in [-0.25, -0.2) is 0 Å². The van der Waals surface area contributed by atoms with Crippen LogP contribution >= 0.6 is 0 Å². The van der Waals surface area contributed by atoms with E-state index >= 15 is 0 Å². The third-order valence-corrected chi connectivity index (χ3v) is 3.91. The summed E-state index contributed by atoms with van der Waals surface area (Å²) in [6.07, 6.45) is 2.59. The fourth-order valence-electron chi connectivity index (χ4n) is 2.41. The van der Waals surface area contributed by atoms with Crippen LogP contribution < -0.4 is 20.1 Å². The van der Waals surface area contributed by atoms with Gasteiger partial charge in [-0.1, -0.05) is 19.1 Å². The lowest BCUT2D eigenvalue weighted by atomic mass is 10.1. The number of ether oxygens (including phenoxy) is 2. The molecule has 0 bridgehead atoms. The van der Waals surface area contributed by atoms with Crippen molar-refractivity contribution in [3.63, 3.8) is 0 Å². The lowest BCUT2D eigenvalue weighted by Crippen LogP contribution is -2.13. The summed E-state index contributed by atoms with van der Waals surface area (Å²) >= 11 is 0. The summed E-state index contributed by atoms with van der Waals surface area (Å²) in [6, 6.07) is 15.6. The van der Waals surface area contributed by atoms with E-state index in [1.54, 1.807) is 13.3 Å². The Morgan fingerprint density at radius 3 is 2.41 bits per heavy atom. The third-order valence-electron chi connectivity index (χ3n) is 3.91. The predicted molar refractivity (Wildman–Crippen MR) is 106 cm³/mol. The van der Waals surface area contributed by atoms with Gasteiger partial charge in [0.15, 0.2) is 5.82 Å². The largest absolute Gasteiger partial charge is 0.497 e. The number of anilines is 3. The molecule has 7 nitrogen and oxygen atoms in total. The lowest BCUT2D eigenvalue weighted by Gasteiger charge is -2.09. The van der Waals surface area contributed by atoms with Crippen LogP contribution in [0.15, 0.2) is 54.7 Å². The van der Waals surface area contributed by atoms with Crippen molar-refractivity contribution in [1.82, 2.24) is 15.2 Å². The number of benzene rings is 2. The minimum absolute atomic E-state index is 0.445. The highest BCUT2D eigenvalue weighted by molar-refractivity contribution is 5.54. The molecule has 0 aliphatic rings. The molecule has 0 atom stereocenters. The molecule has 0 radical (unpaired) electrons. The Morgan fingerprint density at radius 2 is 1.70 bits per heavy atom. The third kappa shape index (κ3) is 5.57. The Kier molecular flexibility index (Phi) is 6.40. The monoisotopic (exact) mass is 365 g/mol. The number of methoxy groups -OCH3 is 1. The second-order valence-corrected chi connectivity index (χ2v) is 5.79. The summed E-state index contributed by atoms with van der Waals surface area (Å²) in [7, 11) is 1.64. The van der Waals surface area contributed by atoms with E-state index in [9.17, 15) is 0 Å². The minimum Gasteiger partial charge on any atom is -0.497 e. The fourth-order valence-corrected chi connectivity index (χ4v) is 2.41. The molecule has 0 aliphatic heterocycles. The average molecular weight is 365 g/mol. The van der Waals surface area contributed by atoms with Gasteiger partial charge in [-0.3, -0.25) is 0 Å². The molecule has 0 saturated heterocycles. The van der Waals surface area contributed by atoms with Crippen molar-refractivity contribution >= 4 is 17.5 Å². The highest BCUT2D eigenvalue weighted by atomic mass is 16.5. The zero-order valence-electron chi connectivity index (χ0n) is 15.5. The molecule has 0 unspecified atom stereocenters. The second kappa shape index (κ2) is 9.38. The number of hydrogen-bond acceptors (Lipinski definition) is 7. The summed E-state index contributed by atoms with van der Waals surface area (Å²) < 4.78 is 10.8. The molecule has 1 heterocycles. The first-order valence-electron chi connectivity index (χ1n) is 8.83. The molecule has 0 aliphatic carbocycles. The highest BCUT2D eigenvalue weighted by Gasteiger charge is 2.02. The first-order chi connectivity index (χ1) is 13.3. The number of aromatic nitrogens is 3. The first-order valence-corrected chi connectivity index (χ1v) is 8.83. The number of rotatable bonds is 9. The number of hydrogen-bond donors (Lipinski definition) is 2. The minimum atomic E-state index is 0.445. The smallest absolute Gasteiger partial charge is 0.249 e. The Labute approximate surface area is 158 Å². The molecule has 3 rings (SSSR count). The van der Waals surface area contributed by atoms with E-state index in [1.165, 1.54) is 5.56 Å². The van der Waals surface area contributed by atoms with Gasteiger partial charge >= 0.3 is 0 Å². The molecule has 2 N–H and O–H groups in total. The van der Waals surface area contributed by atoms with Gasteiger partial charge < -0.3 is 20.1 Å². The second-order valence-electron chi connectivity index (χ2n) is 5.79. The number of aryl methyl sites for hydroxylation is 1. The molecule has 1 aromatic heterocycles. The van der Waals surface area contributed by atoms with Gasteiger partial charge in [0.1, 0.15) is 18.1 Å². The maximum atomic E-state index is 5.68. The highest BCUT2D eigenvalue weighted by Crippen LogP contribution is 2.17. The average Bonchev–Trinajstić information content (AvgIpc) is 2.72. The van der Waals surface area contributed by atoms with E-state index in [4.69, 9.17) is 9.47 Å². The van der Waals surface area contributed by atoms with E-state index in [0.717, 1.165) is 23.6 Å². The standard InChI is InChI=1S/C20H23N5O2/c1-3-15-4-6-16(7-5-15)23-20-24-19(14-22-25-20)21-12-13-27-18-10-8-17(26-2)9-11-18/h4-11,14H,3,12-13H2,1-2H3,(H2,21,23,24,25). The Morgan fingerprint density at radius 1 is 0.963 bits per heavy atom. The van der Waals surface area contributed by atoms with Crippen LogP contribution in [0.3, 0.4) is 0 Å². The summed E-state index contributed by atoms with van der Waals surface area (Å²) in [6.45, 7) is 3.22. The predicted octanol–water partition coefficient (Wildman–Crippen LogP) is 3.68. The van der Waals surface area contributed by atoms with Gasteiger partial charge in [-0.05, 0) is 48.4 Å². The van der Waals surface area contributed by atoms with Crippen molar-refractivity contribution < 1.29 is 9.47 Å². The van der Waals surface area contributed by atoms with Crippen LogP contribution in [0.25, 0.3) is 0 Å². The van der Waals surface area contributed by atoms with Crippen molar-refractivity contribution in [1.29, 1.82) is 0 Å². The van der Waals surface area contributed by atoms with Gasteiger partial charge in [0.2, 0.25) is 5.95 Å². The normalized spacial score (nSPS) is 10.3. The SMILES string of the molecule is CCc1ccc(Nc2nncc(NCCOc3ccc(OC)cc3)n2)cc1. The number of nitrogens with zero attached hydrogens (tertiary/aromatic N) is 3. The molecule has 0 amide bonds. The van der Waals surface area contributed by atoms with Gasteiger partial charge in [0.25, 0.3) is 0 Å². The van der Waals surface area contributed by atoms with E-state index < -0.39 is 0 Å². The zero-order chi connectivity index (χ0) is 18.9. The zero-order valence-corrected chi connectivity index (χ0v) is 15.5. The molecule has 3 aromatic rings. The fraction of sp³-hybridized carbons (Fsp3) is 0.250. The topological polar surface area (TPSA) is 81.2 Å². The van der Waals surface area contributed by atoms with Crippen LogP contribution in [-0.2, 0) is 6.42 Å². The molecule has 0 fully saturated rings. The van der Waals surface area contributed by atoms with Gasteiger partial charge in [0.05, 0.1) is 19.9 Å². The van der Waals surface area contributed by atoms with Crippen LogP contribution in [0.2, 0.25) is 0 Å². The summed E-state index contributed by atoms with van der Waals surface area (Å²) in [5.41, 5.74) is 2.21. The van der Waals surface area contributed by atoms with Crippen LogP contribution in [0.5, 0.6) is 11.5 Å². The molecule has 7 heteroatoms. The molecule has 0 saturated carbocycles. The number of nitrogens with one attached hydrogen (secondary N) is 2. The van der Waals surface area contributed by atoms with E-state index in [1.807, 2.05) is 36.4 Å². The summed E-state index contributed by atoms with van der Waals surface area (Å²) in [4.78, 5) is 4.41. The van der Waals surface area contributed by atoms with Crippen molar-refractivity contribution in [3.8, 4) is 11.5 Å². The van der Waals surface area contributed by atoms with Gasteiger partial charge in [0, 0.05) is 5.69 Å². The maximum Gasteiger partial charge on any atom is 0.249 e. The van der Waals surface area contributed by atoms with Crippen LogP contribution in [-0.4, -0.2) is 35.4 Å². The quantitative estimate of drug-likeness (QED) is 0.560. The first kappa shape index (κ1) is 18.4. The van der Waals surface area contributed by atoms with E-state index in [2.05, 4.69) is 44.9 Å². The van der Waals surface area contributed by atoms with Crippen molar-refractivity contribution in [3.05, 3.63) is 60.3 Å². The van der Waals surface area contributed by atoms with E-state index in [-0.39, 0.29) is 0 Å². The molecule has 27 heavy (non-hydrogen) atoms. The molecular formula is C20H23N5O2. The summed E-state index contributed by atoms with van der Waals surface area (Å²) in [5, 5.41) is 14.3. The van der Waals surface area contributed by atoms with Crippen molar-refractivity contribution in [2.45, 2.75) is 13.3 Å². The molecule has 2 aromatic carbocycles. The molecule has 140 valence electrons. The van der Waals surface area contributed by atoms with E-state index in [0.29, 0.717) is 24.9 Å². The lowest BCUT2D eigenvalue weighted by molar-refractivity contribution is 0.331. The maximum absolute atomic E-state index is 5.68. The van der Waals surface area contributed by atoms with Crippen LogP contribution in [0, 0.1) is 0 Å².